The Morgan fingerprint density at radius 3 is 2.29 bits per heavy atom. The van der Waals surface area contributed by atoms with Crippen LogP contribution in [0.2, 0.25) is 0 Å². The van der Waals surface area contributed by atoms with Crippen LogP contribution in [-0.2, 0) is 14.3 Å². The van der Waals surface area contributed by atoms with Crippen molar-refractivity contribution in [1.82, 2.24) is 0 Å². The Hall–Kier alpha value is -2.03. The molecule has 1 rings (SSSR count). The van der Waals surface area contributed by atoms with E-state index in [2.05, 4.69) is 0 Å². The fourth-order valence-electron chi connectivity index (χ4n) is 1.66. The number of ether oxygens (including phenoxy) is 2. The van der Waals surface area contributed by atoms with Gasteiger partial charge in [0.25, 0.3) is 0 Å². The molecule has 114 valence electrons. The molecule has 1 unspecified atom stereocenters. The van der Waals surface area contributed by atoms with Gasteiger partial charge in [-0.05, 0) is 32.4 Å². The van der Waals surface area contributed by atoms with E-state index in [9.17, 15) is 4.79 Å². The van der Waals surface area contributed by atoms with Crippen LogP contribution in [-0.4, -0.2) is 5.97 Å². The van der Waals surface area contributed by atoms with Crippen molar-refractivity contribution in [1.29, 1.82) is 0 Å². The first kappa shape index (κ1) is 17.0. The average Bonchev–Trinajstić information content (AvgIpc) is 2.50. The van der Waals surface area contributed by atoms with Gasteiger partial charge in [-0.3, -0.25) is 4.79 Å². The summed E-state index contributed by atoms with van der Waals surface area (Å²) in [5, 5.41) is 0. The number of allylic oxidation sites excluding steroid dienone is 2. The lowest BCUT2D eigenvalue weighted by Gasteiger charge is -2.14. The Morgan fingerprint density at radius 2 is 1.76 bits per heavy atom. The summed E-state index contributed by atoms with van der Waals surface area (Å²) in [6.45, 7) is 9.29. The van der Waals surface area contributed by atoms with E-state index < -0.39 is 0 Å². The van der Waals surface area contributed by atoms with E-state index in [1.807, 2.05) is 65.0 Å². The number of hydrogen-bond acceptors (Lipinski definition) is 3. The highest BCUT2D eigenvalue weighted by molar-refractivity contribution is 5.73. The van der Waals surface area contributed by atoms with Gasteiger partial charge >= 0.3 is 5.97 Å². The summed E-state index contributed by atoms with van der Waals surface area (Å²) in [5.74, 6) is 0.137. The van der Waals surface area contributed by atoms with Crippen LogP contribution < -0.4 is 0 Å². The lowest BCUT2D eigenvalue weighted by Crippen LogP contribution is -2.12. The Kier molecular flexibility index (Phi) is 6.73. The first-order chi connectivity index (χ1) is 9.95. The molecule has 21 heavy (non-hydrogen) atoms. The van der Waals surface area contributed by atoms with E-state index in [1.54, 1.807) is 12.3 Å². The number of benzene rings is 1. The van der Waals surface area contributed by atoms with Gasteiger partial charge < -0.3 is 9.47 Å². The van der Waals surface area contributed by atoms with Gasteiger partial charge in [-0.15, -0.1) is 0 Å². The molecule has 0 aliphatic carbocycles. The second-order valence-corrected chi connectivity index (χ2v) is 5.22. The molecule has 1 aromatic carbocycles. The van der Waals surface area contributed by atoms with Crippen LogP contribution in [0.3, 0.4) is 0 Å². The molecule has 0 fully saturated rings. The van der Waals surface area contributed by atoms with Gasteiger partial charge in [-0.1, -0.05) is 44.2 Å². The molecule has 0 aliphatic heterocycles. The summed E-state index contributed by atoms with van der Waals surface area (Å²) in [7, 11) is 0. The third kappa shape index (κ3) is 5.46. The maximum atomic E-state index is 11.6. The van der Waals surface area contributed by atoms with Crippen molar-refractivity contribution < 1.29 is 14.3 Å². The highest BCUT2D eigenvalue weighted by Gasteiger charge is 2.13. The summed E-state index contributed by atoms with van der Waals surface area (Å²) in [4.78, 5) is 11.6. The standard InChI is InChI=1S/C18H24O3/c1-6-17(21-18(19)13(2)3)14(4)12-20-15(5)16-10-8-7-9-11-16/h6-13,15H,1-5H3/b14-12+,17-6-. The molecule has 0 radical (unpaired) electrons. The summed E-state index contributed by atoms with van der Waals surface area (Å²) < 4.78 is 11.1. The second kappa shape index (κ2) is 8.30. The largest absolute Gasteiger partial charge is 0.493 e. The van der Waals surface area contributed by atoms with Crippen molar-refractivity contribution in [2.24, 2.45) is 5.92 Å². The maximum absolute atomic E-state index is 11.6. The van der Waals surface area contributed by atoms with Gasteiger partial charge in [0.15, 0.2) is 0 Å². The molecule has 1 atom stereocenters. The van der Waals surface area contributed by atoms with Crippen molar-refractivity contribution in [2.75, 3.05) is 0 Å². The van der Waals surface area contributed by atoms with Gasteiger partial charge in [-0.2, -0.15) is 0 Å². The van der Waals surface area contributed by atoms with E-state index >= 15 is 0 Å². The molecule has 0 saturated carbocycles. The Balaban J connectivity index is 2.68. The van der Waals surface area contributed by atoms with Crippen LogP contribution in [0.5, 0.6) is 0 Å². The normalized spacial score (nSPS) is 14.0. The summed E-state index contributed by atoms with van der Waals surface area (Å²) in [6, 6.07) is 9.97. The zero-order valence-electron chi connectivity index (χ0n) is 13.4. The molecule has 1 aromatic rings. The fraction of sp³-hybridized carbons (Fsp3) is 0.389. The van der Waals surface area contributed by atoms with E-state index in [-0.39, 0.29) is 18.0 Å². The lowest BCUT2D eigenvalue weighted by molar-refractivity contribution is -0.142. The van der Waals surface area contributed by atoms with Crippen LogP contribution in [0.4, 0.5) is 0 Å². The molecular formula is C18H24O3. The van der Waals surface area contributed by atoms with Crippen LogP contribution in [0.25, 0.3) is 0 Å². The zero-order chi connectivity index (χ0) is 15.8. The van der Waals surface area contributed by atoms with Crippen molar-refractivity contribution in [3.05, 3.63) is 59.6 Å². The predicted octanol–water partition coefficient (Wildman–Crippen LogP) is 4.77. The van der Waals surface area contributed by atoms with E-state index in [0.29, 0.717) is 5.76 Å². The number of carbonyl (C=O) groups is 1. The van der Waals surface area contributed by atoms with Crippen LogP contribution in [0.1, 0.15) is 46.3 Å². The molecular weight excluding hydrogens is 264 g/mol. The van der Waals surface area contributed by atoms with Crippen molar-refractivity contribution >= 4 is 5.97 Å². The second-order valence-electron chi connectivity index (χ2n) is 5.22. The third-order valence-corrected chi connectivity index (χ3v) is 3.05. The first-order valence-electron chi connectivity index (χ1n) is 7.21. The Bertz CT molecular complexity index is 513. The monoisotopic (exact) mass is 288 g/mol. The smallest absolute Gasteiger partial charge is 0.313 e. The molecule has 0 aliphatic rings. The summed E-state index contributed by atoms with van der Waals surface area (Å²) in [6.07, 6.45) is 3.35. The minimum absolute atomic E-state index is 0.0555. The number of rotatable bonds is 6. The van der Waals surface area contributed by atoms with Crippen molar-refractivity contribution in [3.63, 3.8) is 0 Å². The minimum Gasteiger partial charge on any atom is -0.493 e. The van der Waals surface area contributed by atoms with Crippen molar-refractivity contribution in [2.45, 2.75) is 40.7 Å². The van der Waals surface area contributed by atoms with Gasteiger partial charge in [0.05, 0.1) is 12.2 Å². The highest BCUT2D eigenvalue weighted by atomic mass is 16.5. The Labute approximate surface area is 127 Å². The van der Waals surface area contributed by atoms with Gasteiger partial charge in [0, 0.05) is 5.57 Å². The van der Waals surface area contributed by atoms with Gasteiger partial charge in [0.1, 0.15) is 11.9 Å². The fourth-order valence-corrected chi connectivity index (χ4v) is 1.66. The lowest BCUT2D eigenvalue weighted by atomic mass is 10.1. The maximum Gasteiger partial charge on any atom is 0.313 e. The van der Waals surface area contributed by atoms with Gasteiger partial charge in [-0.25, -0.2) is 0 Å². The third-order valence-electron chi connectivity index (χ3n) is 3.05. The number of hydrogen-bond donors (Lipinski definition) is 0. The summed E-state index contributed by atoms with van der Waals surface area (Å²) in [5.41, 5.74) is 1.89. The molecule has 0 amide bonds. The number of carbonyl (C=O) groups excluding carboxylic acids is 1. The summed E-state index contributed by atoms with van der Waals surface area (Å²) >= 11 is 0. The molecule has 0 heterocycles. The van der Waals surface area contributed by atoms with Crippen LogP contribution >= 0.6 is 0 Å². The van der Waals surface area contributed by atoms with Crippen LogP contribution in [0.15, 0.2) is 54.0 Å². The Morgan fingerprint density at radius 1 is 1.14 bits per heavy atom. The quantitative estimate of drug-likeness (QED) is 0.429. The van der Waals surface area contributed by atoms with Crippen molar-refractivity contribution in [3.8, 4) is 0 Å². The molecule has 3 heteroatoms. The molecule has 3 nitrogen and oxygen atoms in total. The molecule has 0 saturated heterocycles. The van der Waals surface area contributed by atoms with E-state index in [4.69, 9.17) is 9.47 Å². The SMILES string of the molecule is C/C=C(OC(=O)C(C)C)/C(C)=C/OC(C)c1ccccc1. The molecule has 0 N–H and O–H groups in total. The topological polar surface area (TPSA) is 35.5 Å². The predicted molar refractivity (Wildman–Crippen MR) is 84.4 cm³/mol. The molecule has 0 spiro atoms. The molecule has 0 bridgehead atoms. The minimum atomic E-state index is -0.244. The number of esters is 1. The van der Waals surface area contributed by atoms with E-state index in [0.717, 1.165) is 11.1 Å². The average molecular weight is 288 g/mol. The zero-order valence-corrected chi connectivity index (χ0v) is 13.4. The van der Waals surface area contributed by atoms with Gasteiger partial charge in [0.2, 0.25) is 0 Å². The highest BCUT2D eigenvalue weighted by Crippen LogP contribution is 2.19. The van der Waals surface area contributed by atoms with Crippen LogP contribution in [0, 0.1) is 5.92 Å². The molecule has 0 aromatic heterocycles. The first-order valence-corrected chi connectivity index (χ1v) is 7.21. The van der Waals surface area contributed by atoms with E-state index in [1.165, 1.54) is 0 Å².